The Bertz CT molecular complexity index is 809. The number of amides is 1. The van der Waals surface area contributed by atoms with E-state index in [-0.39, 0.29) is 17.4 Å². The Kier molecular flexibility index (Phi) is 2.36. The average Bonchev–Trinajstić information content (AvgIpc) is 3.06. The van der Waals surface area contributed by atoms with Crippen molar-refractivity contribution in [1.82, 2.24) is 14.5 Å². The first-order valence-electron chi connectivity index (χ1n) is 7.88. The number of hydrogen-bond donors (Lipinski definition) is 2. The van der Waals surface area contributed by atoms with Crippen LogP contribution < -0.4 is 0 Å². The minimum atomic E-state index is -0.894. The van der Waals surface area contributed by atoms with E-state index in [1.807, 2.05) is 24.7 Å². The second-order valence-corrected chi connectivity index (χ2v) is 7.03. The highest BCUT2D eigenvalue weighted by atomic mass is 16.4. The van der Waals surface area contributed by atoms with Gasteiger partial charge in [0, 0.05) is 30.0 Å². The minimum Gasteiger partial charge on any atom is -0.465 e. The van der Waals surface area contributed by atoms with Crippen LogP contribution in [0.4, 0.5) is 4.79 Å². The van der Waals surface area contributed by atoms with Gasteiger partial charge in [-0.2, -0.15) is 0 Å². The van der Waals surface area contributed by atoms with Gasteiger partial charge in [0.2, 0.25) is 0 Å². The number of hydrogen-bond acceptors (Lipinski definition) is 3. The van der Waals surface area contributed by atoms with Gasteiger partial charge < -0.3 is 19.7 Å². The van der Waals surface area contributed by atoms with Crippen LogP contribution in [0.1, 0.15) is 18.0 Å². The van der Waals surface area contributed by atoms with E-state index in [0.717, 1.165) is 12.1 Å². The fraction of sp³-hybridized carbons (Fsp3) is 0.412. The van der Waals surface area contributed by atoms with Crippen LogP contribution in [-0.2, 0) is 0 Å². The fourth-order valence-electron chi connectivity index (χ4n) is 4.75. The summed E-state index contributed by atoms with van der Waals surface area (Å²) in [6, 6.07) is 8.37. The zero-order valence-electron chi connectivity index (χ0n) is 12.5. The molecule has 2 aliphatic heterocycles. The lowest BCUT2D eigenvalue weighted by molar-refractivity contribution is -0.194. The number of aliphatic hydroxyl groups excluding tert-OH is 1. The van der Waals surface area contributed by atoms with Crippen molar-refractivity contribution in [2.24, 2.45) is 11.3 Å². The molecule has 3 atom stereocenters. The van der Waals surface area contributed by atoms with E-state index in [1.165, 1.54) is 16.0 Å². The molecule has 2 aromatic rings. The van der Waals surface area contributed by atoms with Crippen molar-refractivity contribution in [3.05, 3.63) is 42.4 Å². The Morgan fingerprint density at radius 3 is 2.83 bits per heavy atom. The van der Waals surface area contributed by atoms with Crippen LogP contribution >= 0.6 is 0 Å². The number of fused-ring (bicyclic) bond motifs is 3. The van der Waals surface area contributed by atoms with Gasteiger partial charge in [-0.3, -0.25) is 0 Å². The first-order valence-corrected chi connectivity index (χ1v) is 7.88. The van der Waals surface area contributed by atoms with Crippen molar-refractivity contribution in [2.45, 2.75) is 18.6 Å². The molecule has 23 heavy (non-hydrogen) atoms. The SMILES string of the molecule is O=C(O)N1CC2(C[C@@H]([C@H]3c4ccccc4-c4cncn43)[C@@H]2O)C1. The van der Waals surface area contributed by atoms with Crippen molar-refractivity contribution in [3.63, 3.8) is 0 Å². The lowest BCUT2D eigenvalue weighted by Gasteiger charge is -2.62. The summed E-state index contributed by atoms with van der Waals surface area (Å²) in [4.78, 5) is 16.6. The molecule has 2 N–H and O–H groups in total. The molecular weight excluding hydrogens is 294 g/mol. The minimum absolute atomic E-state index is 0.100. The van der Waals surface area contributed by atoms with Crippen molar-refractivity contribution < 1.29 is 15.0 Å². The van der Waals surface area contributed by atoms with E-state index in [9.17, 15) is 9.90 Å². The number of carbonyl (C=O) groups is 1. The van der Waals surface area contributed by atoms with Gasteiger partial charge in [-0.15, -0.1) is 0 Å². The molecule has 6 nitrogen and oxygen atoms in total. The zero-order chi connectivity index (χ0) is 15.8. The molecule has 3 heterocycles. The zero-order valence-corrected chi connectivity index (χ0v) is 12.5. The standard InChI is InChI=1S/C17H17N3O3/c21-15-12(5-17(15)7-19(8-17)16(22)23)14-11-4-2-1-3-10(11)13-6-18-9-20(13)14/h1-4,6,9,12,14-15,21H,5,7-8H2,(H,22,23)/t12-,14+,15-/m0/s1. The van der Waals surface area contributed by atoms with Crippen LogP contribution in [0.3, 0.4) is 0 Å². The van der Waals surface area contributed by atoms with E-state index in [0.29, 0.717) is 13.1 Å². The number of imidazole rings is 1. The van der Waals surface area contributed by atoms with E-state index < -0.39 is 12.2 Å². The monoisotopic (exact) mass is 311 g/mol. The van der Waals surface area contributed by atoms with Gasteiger partial charge in [-0.25, -0.2) is 9.78 Å². The first kappa shape index (κ1) is 13.1. The van der Waals surface area contributed by atoms with Gasteiger partial charge in [0.1, 0.15) is 0 Å². The summed E-state index contributed by atoms with van der Waals surface area (Å²) in [6.45, 7) is 0.899. The third kappa shape index (κ3) is 1.51. The summed E-state index contributed by atoms with van der Waals surface area (Å²) in [5, 5.41) is 19.8. The summed E-state index contributed by atoms with van der Waals surface area (Å²) in [6.07, 6.45) is 3.20. The van der Waals surface area contributed by atoms with Gasteiger partial charge in [-0.1, -0.05) is 24.3 Å². The van der Waals surface area contributed by atoms with Crippen LogP contribution in [0.5, 0.6) is 0 Å². The van der Waals surface area contributed by atoms with Crippen LogP contribution in [0.25, 0.3) is 11.3 Å². The lowest BCUT2D eigenvalue weighted by Crippen LogP contribution is -2.71. The number of rotatable bonds is 1. The highest BCUT2D eigenvalue weighted by Crippen LogP contribution is 2.59. The van der Waals surface area contributed by atoms with Gasteiger partial charge >= 0.3 is 6.09 Å². The maximum atomic E-state index is 11.0. The van der Waals surface area contributed by atoms with Crippen LogP contribution in [0.2, 0.25) is 0 Å². The second kappa shape index (κ2) is 4.14. The molecule has 5 rings (SSSR count). The molecule has 118 valence electrons. The molecule has 1 aliphatic carbocycles. The van der Waals surface area contributed by atoms with E-state index >= 15 is 0 Å². The molecule has 6 heteroatoms. The molecular formula is C17H17N3O3. The fourth-order valence-corrected chi connectivity index (χ4v) is 4.75. The number of nitrogens with zero attached hydrogens (tertiary/aromatic N) is 3. The van der Waals surface area contributed by atoms with Gasteiger partial charge in [-0.05, 0) is 12.0 Å². The number of aromatic nitrogens is 2. The quantitative estimate of drug-likeness (QED) is 0.842. The van der Waals surface area contributed by atoms with Gasteiger partial charge in [0.05, 0.1) is 30.4 Å². The molecule has 2 fully saturated rings. The Morgan fingerprint density at radius 1 is 1.30 bits per heavy atom. The van der Waals surface area contributed by atoms with Crippen molar-refractivity contribution in [3.8, 4) is 11.3 Å². The number of aliphatic hydroxyl groups is 1. The molecule has 3 aliphatic rings. The molecule has 1 amide bonds. The maximum Gasteiger partial charge on any atom is 0.407 e. The summed E-state index contributed by atoms with van der Waals surface area (Å²) in [7, 11) is 0. The Morgan fingerprint density at radius 2 is 2.09 bits per heavy atom. The predicted molar refractivity (Wildman–Crippen MR) is 81.9 cm³/mol. The van der Waals surface area contributed by atoms with E-state index in [1.54, 1.807) is 0 Å². The molecule has 0 radical (unpaired) electrons. The second-order valence-electron chi connectivity index (χ2n) is 7.03. The molecule has 1 saturated heterocycles. The number of carboxylic acid groups (broad SMARTS) is 1. The normalized spacial score (nSPS) is 29.6. The number of likely N-dealkylation sites (tertiary alicyclic amines) is 1. The largest absolute Gasteiger partial charge is 0.465 e. The number of benzene rings is 1. The summed E-state index contributed by atoms with van der Waals surface area (Å²) >= 11 is 0. The highest BCUT2D eigenvalue weighted by molar-refractivity contribution is 5.69. The van der Waals surface area contributed by atoms with Crippen LogP contribution in [0.15, 0.2) is 36.8 Å². The van der Waals surface area contributed by atoms with Crippen molar-refractivity contribution in [1.29, 1.82) is 0 Å². The third-order valence-corrected chi connectivity index (χ3v) is 5.88. The van der Waals surface area contributed by atoms with Crippen LogP contribution in [-0.4, -0.2) is 50.0 Å². The Labute approximate surface area is 133 Å². The van der Waals surface area contributed by atoms with Crippen molar-refractivity contribution >= 4 is 6.09 Å². The third-order valence-electron chi connectivity index (χ3n) is 5.88. The lowest BCUT2D eigenvalue weighted by atomic mass is 9.53. The molecule has 0 unspecified atom stereocenters. The highest BCUT2D eigenvalue weighted by Gasteiger charge is 2.63. The summed E-state index contributed by atoms with van der Waals surface area (Å²) in [5.41, 5.74) is 3.28. The molecule has 1 spiro atoms. The van der Waals surface area contributed by atoms with Gasteiger partial charge in [0.15, 0.2) is 0 Å². The maximum absolute atomic E-state index is 11.0. The predicted octanol–water partition coefficient (Wildman–Crippen LogP) is 1.81. The van der Waals surface area contributed by atoms with Crippen molar-refractivity contribution in [2.75, 3.05) is 13.1 Å². The van der Waals surface area contributed by atoms with Crippen LogP contribution in [0, 0.1) is 11.3 Å². The Balaban J connectivity index is 1.45. The molecule has 1 aromatic carbocycles. The average molecular weight is 311 g/mol. The topological polar surface area (TPSA) is 78.6 Å². The molecule has 1 saturated carbocycles. The molecule has 1 aromatic heterocycles. The summed E-state index contributed by atoms with van der Waals surface area (Å²) in [5.74, 6) is 0.113. The van der Waals surface area contributed by atoms with Gasteiger partial charge in [0.25, 0.3) is 0 Å². The summed E-state index contributed by atoms with van der Waals surface area (Å²) < 4.78 is 2.15. The van der Waals surface area contributed by atoms with E-state index in [2.05, 4.69) is 21.7 Å². The molecule has 0 bridgehead atoms. The van der Waals surface area contributed by atoms with E-state index in [4.69, 9.17) is 5.11 Å². The first-order chi connectivity index (χ1) is 11.1. The Hall–Kier alpha value is -2.34. The smallest absolute Gasteiger partial charge is 0.407 e.